The van der Waals surface area contributed by atoms with Gasteiger partial charge in [-0.05, 0) is 18.2 Å². The second kappa shape index (κ2) is 8.64. The first-order chi connectivity index (χ1) is 15.0. The van der Waals surface area contributed by atoms with E-state index in [9.17, 15) is 27.6 Å². The van der Waals surface area contributed by atoms with Gasteiger partial charge in [0.15, 0.2) is 17.3 Å². The van der Waals surface area contributed by atoms with Gasteiger partial charge in [-0.3, -0.25) is 14.4 Å². The van der Waals surface area contributed by atoms with Crippen LogP contribution in [0.3, 0.4) is 0 Å². The maximum absolute atomic E-state index is 13.9. The number of carbonyl (C=O) groups is 1. The summed E-state index contributed by atoms with van der Waals surface area (Å²) in [6, 6.07) is 5.23. The van der Waals surface area contributed by atoms with Crippen molar-refractivity contribution >= 4 is 17.4 Å². The smallest absolute Gasteiger partial charge is 0.435 e. The summed E-state index contributed by atoms with van der Waals surface area (Å²) in [4.78, 5) is 44.9. The second-order valence-electron chi connectivity index (χ2n) is 6.38. The minimum Gasteiger partial charge on any atom is -0.449 e. The van der Waals surface area contributed by atoms with E-state index in [0.717, 1.165) is 25.3 Å². The summed E-state index contributed by atoms with van der Waals surface area (Å²) in [5.74, 6) is -2.26. The average molecular weight is 466 g/mol. The average Bonchev–Trinajstić information content (AvgIpc) is 2.70. The van der Waals surface area contributed by atoms with Gasteiger partial charge in [-0.25, -0.2) is 4.98 Å². The van der Waals surface area contributed by atoms with E-state index in [1.807, 2.05) is 0 Å². The van der Waals surface area contributed by atoms with Crippen molar-refractivity contribution in [2.75, 3.05) is 0 Å². The Morgan fingerprint density at radius 3 is 2.59 bits per heavy atom. The number of aromatic nitrogens is 4. The molecule has 0 aliphatic carbocycles. The number of carbonyl (C=O) groups excluding carboxylic acids is 1. The number of halogens is 4. The standard InChI is InChI=1S/C19H11ClF3N5O4/c1-9(29)16-25-6-11(17(30)27-16)7-28-8-26-18(31)14(15(28)19(21,22)23)32-13-3-10(5-24)2-12(20)4-13/h2-4,6,8H,7H2,1H3,(H,25,27,30). The molecule has 0 aliphatic rings. The predicted octanol–water partition coefficient (Wildman–Crippen LogP) is 2.91. The van der Waals surface area contributed by atoms with Crippen molar-refractivity contribution in [2.24, 2.45) is 0 Å². The summed E-state index contributed by atoms with van der Waals surface area (Å²) in [5.41, 5.74) is -3.93. The first-order valence-corrected chi connectivity index (χ1v) is 9.01. The quantitative estimate of drug-likeness (QED) is 0.573. The Balaban J connectivity index is 2.13. The topological polar surface area (TPSA) is 131 Å². The fourth-order valence-corrected chi connectivity index (χ4v) is 2.90. The molecular weight excluding hydrogens is 455 g/mol. The lowest BCUT2D eigenvalue weighted by atomic mass is 10.2. The number of nitriles is 1. The van der Waals surface area contributed by atoms with Crippen LogP contribution in [0.1, 0.15) is 34.4 Å². The van der Waals surface area contributed by atoms with E-state index < -0.39 is 41.1 Å². The Labute approximate surface area is 181 Å². The molecule has 0 unspecified atom stereocenters. The van der Waals surface area contributed by atoms with Crippen LogP contribution >= 0.6 is 11.6 Å². The van der Waals surface area contributed by atoms with Crippen LogP contribution in [0.25, 0.3) is 0 Å². The first-order valence-electron chi connectivity index (χ1n) is 8.64. The SMILES string of the molecule is CC(=O)c1ncc(Cn2cnc(=O)c(Oc3cc(Cl)cc(C#N)c3)c2C(F)(F)F)c(=O)[nH]1. The molecule has 0 saturated heterocycles. The molecule has 9 nitrogen and oxygen atoms in total. The monoisotopic (exact) mass is 465 g/mol. The second-order valence-corrected chi connectivity index (χ2v) is 6.82. The third-order valence-corrected chi connectivity index (χ3v) is 4.27. The highest BCUT2D eigenvalue weighted by molar-refractivity contribution is 6.30. The van der Waals surface area contributed by atoms with E-state index in [2.05, 4.69) is 15.0 Å². The summed E-state index contributed by atoms with van der Waals surface area (Å²) in [5, 5.41) is 9.00. The van der Waals surface area contributed by atoms with Crippen molar-refractivity contribution in [1.82, 2.24) is 19.5 Å². The largest absolute Gasteiger partial charge is 0.449 e. The Morgan fingerprint density at radius 2 is 2.00 bits per heavy atom. The molecule has 1 N–H and O–H groups in total. The lowest BCUT2D eigenvalue weighted by Crippen LogP contribution is -2.27. The van der Waals surface area contributed by atoms with E-state index in [-0.39, 0.29) is 27.7 Å². The number of Topliss-reactive ketones (excluding diaryl/α,β-unsaturated/α-hetero) is 1. The fourth-order valence-electron chi connectivity index (χ4n) is 2.67. The molecule has 0 radical (unpaired) electrons. The molecule has 0 fully saturated rings. The van der Waals surface area contributed by atoms with E-state index in [4.69, 9.17) is 21.6 Å². The van der Waals surface area contributed by atoms with Crippen LogP contribution in [0.2, 0.25) is 5.02 Å². The van der Waals surface area contributed by atoms with E-state index in [1.165, 1.54) is 6.07 Å². The van der Waals surface area contributed by atoms with Gasteiger partial charge < -0.3 is 14.3 Å². The lowest BCUT2D eigenvalue weighted by molar-refractivity contribution is -0.145. The minimum absolute atomic E-state index is 0.00000572. The zero-order valence-corrected chi connectivity index (χ0v) is 16.8. The number of ether oxygens (including phenoxy) is 1. The summed E-state index contributed by atoms with van der Waals surface area (Å²) in [6.07, 6.45) is -3.53. The molecule has 3 aromatic rings. The van der Waals surface area contributed by atoms with Crippen molar-refractivity contribution in [2.45, 2.75) is 19.6 Å². The van der Waals surface area contributed by atoms with Crippen molar-refractivity contribution in [1.29, 1.82) is 5.26 Å². The minimum atomic E-state index is -5.09. The van der Waals surface area contributed by atoms with Gasteiger partial charge in [0.25, 0.3) is 5.56 Å². The summed E-state index contributed by atoms with van der Waals surface area (Å²) >= 11 is 5.83. The number of alkyl halides is 3. The van der Waals surface area contributed by atoms with Crippen LogP contribution in [0, 0.1) is 11.3 Å². The van der Waals surface area contributed by atoms with Crippen LogP contribution in [0.5, 0.6) is 11.5 Å². The van der Waals surface area contributed by atoms with E-state index in [0.29, 0.717) is 10.9 Å². The zero-order valence-electron chi connectivity index (χ0n) is 16.0. The molecule has 0 bridgehead atoms. The predicted molar refractivity (Wildman–Crippen MR) is 104 cm³/mol. The molecule has 3 rings (SSSR count). The highest BCUT2D eigenvalue weighted by Crippen LogP contribution is 2.36. The van der Waals surface area contributed by atoms with Gasteiger partial charge in [-0.1, -0.05) is 11.6 Å². The highest BCUT2D eigenvalue weighted by atomic mass is 35.5. The molecule has 0 aliphatic heterocycles. The van der Waals surface area contributed by atoms with Gasteiger partial charge in [0.05, 0.1) is 30.1 Å². The number of aromatic amines is 1. The molecule has 0 saturated carbocycles. The van der Waals surface area contributed by atoms with Crippen molar-refractivity contribution in [3.8, 4) is 17.6 Å². The van der Waals surface area contributed by atoms with Gasteiger partial charge in [-0.15, -0.1) is 0 Å². The maximum Gasteiger partial charge on any atom is 0.435 e. The number of ketones is 1. The number of hydrogen-bond donors (Lipinski definition) is 1. The van der Waals surface area contributed by atoms with E-state index in [1.54, 1.807) is 6.07 Å². The van der Waals surface area contributed by atoms with Gasteiger partial charge >= 0.3 is 11.7 Å². The van der Waals surface area contributed by atoms with Gasteiger partial charge in [0, 0.05) is 18.1 Å². The zero-order chi connectivity index (χ0) is 23.6. The molecule has 0 amide bonds. The summed E-state index contributed by atoms with van der Waals surface area (Å²) in [6.45, 7) is 0.473. The maximum atomic E-state index is 13.9. The van der Waals surface area contributed by atoms with Crippen molar-refractivity contribution < 1.29 is 22.7 Å². The van der Waals surface area contributed by atoms with Gasteiger partial charge in [-0.2, -0.15) is 23.4 Å². The number of rotatable bonds is 5. The molecular formula is C19H11ClF3N5O4. The van der Waals surface area contributed by atoms with E-state index >= 15 is 0 Å². The van der Waals surface area contributed by atoms with Crippen molar-refractivity contribution in [3.05, 3.63) is 79.1 Å². The van der Waals surface area contributed by atoms with Crippen LogP contribution in [0.15, 0.2) is 40.3 Å². The Bertz CT molecular complexity index is 1380. The molecule has 0 spiro atoms. The van der Waals surface area contributed by atoms with Crippen LogP contribution in [-0.2, 0) is 12.7 Å². The highest BCUT2D eigenvalue weighted by Gasteiger charge is 2.40. The summed E-state index contributed by atoms with van der Waals surface area (Å²) < 4.78 is 47.3. The van der Waals surface area contributed by atoms with Crippen LogP contribution in [-0.4, -0.2) is 25.3 Å². The number of hydrogen-bond acceptors (Lipinski definition) is 7. The molecule has 13 heteroatoms. The third-order valence-electron chi connectivity index (χ3n) is 4.05. The summed E-state index contributed by atoms with van der Waals surface area (Å²) in [7, 11) is 0. The Hall–Kier alpha value is -3.98. The molecule has 164 valence electrons. The van der Waals surface area contributed by atoms with Gasteiger partial charge in [0.1, 0.15) is 5.75 Å². The molecule has 32 heavy (non-hydrogen) atoms. The number of benzene rings is 1. The molecule has 2 aromatic heterocycles. The van der Waals surface area contributed by atoms with Gasteiger partial charge in [0.2, 0.25) is 5.75 Å². The molecule has 2 heterocycles. The number of H-pyrrole nitrogens is 1. The molecule has 1 aromatic carbocycles. The van der Waals surface area contributed by atoms with Crippen molar-refractivity contribution in [3.63, 3.8) is 0 Å². The number of nitrogens with zero attached hydrogens (tertiary/aromatic N) is 4. The fraction of sp³-hybridized carbons (Fsp3) is 0.158. The third kappa shape index (κ3) is 4.84. The normalized spacial score (nSPS) is 11.1. The first kappa shape index (κ1) is 22.7. The number of nitrogens with one attached hydrogen (secondary N) is 1. The lowest BCUT2D eigenvalue weighted by Gasteiger charge is -2.18. The molecule has 0 atom stereocenters. The Morgan fingerprint density at radius 1 is 1.28 bits per heavy atom. The van der Waals surface area contributed by atoms with Crippen LogP contribution < -0.4 is 15.9 Å². The Kier molecular flexibility index (Phi) is 6.13. The van der Waals surface area contributed by atoms with Crippen LogP contribution in [0.4, 0.5) is 13.2 Å².